The van der Waals surface area contributed by atoms with Crippen molar-refractivity contribution in [1.29, 1.82) is 0 Å². The molecule has 0 radical (unpaired) electrons. The van der Waals surface area contributed by atoms with Crippen LogP contribution in [0.4, 0.5) is 9.18 Å². The molecule has 7 heteroatoms. The summed E-state index contributed by atoms with van der Waals surface area (Å²) in [6.45, 7) is 1.95. The Morgan fingerprint density at radius 2 is 1.92 bits per heavy atom. The molecule has 0 aliphatic heterocycles. The van der Waals surface area contributed by atoms with Gasteiger partial charge in [0, 0.05) is 18.2 Å². The normalized spacial score (nSPS) is 12.9. The molecule has 3 N–H and O–H groups in total. The van der Waals surface area contributed by atoms with Crippen LogP contribution in [0.3, 0.4) is 0 Å². The van der Waals surface area contributed by atoms with E-state index < -0.39 is 24.1 Å². The smallest absolute Gasteiger partial charge is 0.407 e. The molecule has 2 atom stereocenters. The highest BCUT2D eigenvalue weighted by atomic mass is 19.1. The lowest BCUT2D eigenvalue weighted by molar-refractivity contribution is 0.0163. The summed E-state index contributed by atoms with van der Waals surface area (Å²) in [4.78, 5) is 11.6. The Labute approximate surface area is 151 Å². The molecule has 0 aromatic heterocycles. The van der Waals surface area contributed by atoms with E-state index in [1.54, 1.807) is 19.1 Å². The van der Waals surface area contributed by atoms with Crippen molar-refractivity contribution in [2.75, 3.05) is 13.2 Å². The fourth-order valence-corrected chi connectivity index (χ4v) is 2.29. The second-order valence-corrected chi connectivity index (χ2v) is 5.57. The van der Waals surface area contributed by atoms with E-state index in [1.165, 1.54) is 12.1 Å². The van der Waals surface area contributed by atoms with Gasteiger partial charge in [-0.05, 0) is 24.6 Å². The molecule has 2 aromatic rings. The van der Waals surface area contributed by atoms with E-state index >= 15 is 0 Å². The summed E-state index contributed by atoms with van der Waals surface area (Å²) < 4.78 is 24.2. The fraction of sp³-hybridized carbons (Fsp3) is 0.316. The van der Waals surface area contributed by atoms with E-state index in [2.05, 4.69) is 5.32 Å². The minimum Gasteiger partial charge on any atom is -0.494 e. The molecule has 140 valence electrons. The van der Waals surface area contributed by atoms with E-state index in [1.807, 2.05) is 18.2 Å². The van der Waals surface area contributed by atoms with Crippen molar-refractivity contribution in [2.45, 2.75) is 25.7 Å². The van der Waals surface area contributed by atoms with Crippen molar-refractivity contribution < 1.29 is 28.9 Å². The molecular formula is C19H22FNO5. The second kappa shape index (κ2) is 9.74. The van der Waals surface area contributed by atoms with Crippen molar-refractivity contribution >= 4 is 6.09 Å². The number of benzene rings is 2. The number of amides is 1. The lowest BCUT2D eigenvalue weighted by atomic mass is 10.0. The third-order valence-corrected chi connectivity index (χ3v) is 3.63. The molecule has 2 aromatic carbocycles. The van der Waals surface area contributed by atoms with Crippen LogP contribution in [0.2, 0.25) is 0 Å². The average Bonchev–Trinajstić information content (AvgIpc) is 2.65. The molecule has 2 rings (SSSR count). The molecule has 6 nitrogen and oxygen atoms in total. The Morgan fingerprint density at radius 1 is 1.19 bits per heavy atom. The number of hydrogen-bond donors (Lipinski definition) is 3. The summed E-state index contributed by atoms with van der Waals surface area (Å²) in [5.41, 5.74) is 0.736. The number of ether oxygens (including phenoxy) is 2. The predicted octanol–water partition coefficient (Wildman–Crippen LogP) is 2.55. The highest BCUT2D eigenvalue weighted by Crippen LogP contribution is 2.24. The van der Waals surface area contributed by atoms with Crippen LogP contribution >= 0.6 is 0 Å². The lowest BCUT2D eigenvalue weighted by Gasteiger charge is -2.19. The van der Waals surface area contributed by atoms with Crippen molar-refractivity contribution in [3.05, 3.63) is 65.5 Å². The molecule has 0 bridgehead atoms. The van der Waals surface area contributed by atoms with Crippen molar-refractivity contribution in [2.24, 2.45) is 0 Å². The zero-order chi connectivity index (χ0) is 18.9. The SMILES string of the molecule is CCOc1ccc(C(O)C(O)CNC(=O)OCc2ccccc2)c(F)c1. The summed E-state index contributed by atoms with van der Waals surface area (Å²) in [6.07, 6.45) is -3.64. The predicted molar refractivity (Wildman–Crippen MR) is 93.2 cm³/mol. The maximum Gasteiger partial charge on any atom is 0.407 e. The first-order chi connectivity index (χ1) is 12.5. The van der Waals surface area contributed by atoms with Gasteiger partial charge in [-0.1, -0.05) is 30.3 Å². The molecule has 0 heterocycles. The number of aliphatic hydroxyl groups excluding tert-OH is 2. The second-order valence-electron chi connectivity index (χ2n) is 5.57. The first-order valence-corrected chi connectivity index (χ1v) is 8.24. The van der Waals surface area contributed by atoms with Crippen molar-refractivity contribution in [3.63, 3.8) is 0 Å². The van der Waals surface area contributed by atoms with Gasteiger partial charge < -0.3 is 25.0 Å². The van der Waals surface area contributed by atoms with Crippen LogP contribution in [0.5, 0.6) is 5.75 Å². The first-order valence-electron chi connectivity index (χ1n) is 8.24. The molecule has 1 amide bonds. The molecule has 2 unspecified atom stereocenters. The van der Waals surface area contributed by atoms with Gasteiger partial charge in [0.1, 0.15) is 30.4 Å². The summed E-state index contributed by atoms with van der Waals surface area (Å²) in [7, 11) is 0. The standard InChI is InChI=1S/C19H22FNO5/c1-2-25-14-8-9-15(16(20)10-14)18(23)17(22)11-21-19(24)26-12-13-6-4-3-5-7-13/h3-10,17-18,22-23H,2,11-12H2,1H3,(H,21,24). The highest BCUT2D eigenvalue weighted by molar-refractivity contribution is 5.67. The molecule has 0 saturated carbocycles. The van der Waals surface area contributed by atoms with Gasteiger partial charge in [0.2, 0.25) is 0 Å². The van der Waals surface area contributed by atoms with Gasteiger partial charge in [-0.15, -0.1) is 0 Å². The first kappa shape index (κ1) is 19.7. The number of aliphatic hydroxyl groups is 2. The number of carbonyl (C=O) groups is 1. The molecule has 0 aliphatic rings. The van der Waals surface area contributed by atoms with Crippen molar-refractivity contribution in [3.8, 4) is 5.75 Å². The Bertz CT molecular complexity index is 710. The van der Waals surface area contributed by atoms with E-state index in [-0.39, 0.29) is 18.7 Å². The molecule has 0 saturated heterocycles. The number of nitrogens with one attached hydrogen (secondary N) is 1. The molecule has 26 heavy (non-hydrogen) atoms. The summed E-state index contributed by atoms with van der Waals surface area (Å²) in [6, 6.07) is 13.1. The molecule has 0 fully saturated rings. The van der Waals surface area contributed by atoms with Crippen LogP contribution < -0.4 is 10.1 Å². The molecule has 0 spiro atoms. The third kappa shape index (κ3) is 5.72. The van der Waals surface area contributed by atoms with E-state index in [0.29, 0.717) is 12.4 Å². The van der Waals surface area contributed by atoms with Gasteiger partial charge in [0.15, 0.2) is 0 Å². The van der Waals surface area contributed by atoms with E-state index in [9.17, 15) is 19.4 Å². The lowest BCUT2D eigenvalue weighted by Crippen LogP contribution is -2.36. The zero-order valence-corrected chi connectivity index (χ0v) is 14.4. The third-order valence-electron chi connectivity index (χ3n) is 3.63. The van der Waals surface area contributed by atoms with Crippen LogP contribution in [-0.2, 0) is 11.3 Å². The summed E-state index contributed by atoms with van der Waals surface area (Å²) in [5, 5.41) is 22.4. The number of hydrogen-bond acceptors (Lipinski definition) is 5. The van der Waals surface area contributed by atoms with Gasteiger partial charge in [-0.25, -0.2) is 9.18 Å². The fourth-order valence-electron chi connectivity index (χ4n) is 2.29. The monoisotopic (exact) mass is 363 g/mol. The summed E-state index contributed by atoms with van der Waals surface area (Å²) in [5.74, 6) is -0.368. The van der Waals surface area contributed by atoms with Gasteiger partial charge in [0.05, 0.1) is 6.61 Å². The number of halogens is 1. The van der Waals surface area contributed by atoms with Crippen LogP contribution in [-0.4, -0.2) is 35.6 Å². The zero-order valence-electron chi connectivity index (χ0n) is 14.4. The van der Waals surface area contributed by atoms with Crippen molar-refractivity contribution in [1.82, 2.24) is 5.32 Å². The Hall–Kier alpha value is -2.64. The number of carbonyl (C=O) groups excluding carboxylic acids is 1. The molecule has 0 aliphatic carbocycles. The van der Waals surface area contributed by atoms with Gasteiger partial charge in [-0.3, -0.25) is 0 Å². The Morgan fingerprint density at radius 3 is 2.58 bits per heavy atom. The van der Waals surface area contributed by atoms with Crippen LogP contribution in [0.15, 0.2) is 48.5 Å². The Kier molecular flexibility index (Phi) is 7.37. The highest BCUT2D eigenvalue weighted by Gasteiger charge is 2.22. The topological polar surface area (TPSA) is 88.0 Å². The van der Waals surface area contributed by atoms with E-state index in [0.717, 1.165) is 11.6 Å². The number of rotatable bonds is 8. The minimum absolute atomic E-state index is 0.0822. The number of alkyl carbamates (subject to hydrolysis) is 1. The maximum absolute atomic E-state index is 14.0. The van der Waals surface area contributed by atoms with Crippen LogP contribution in [0, 0.1) is 5.82 Å². The minimum atomic E-state index is -1.50. The van der Waals surface area contributed by atoms with E-state index in [4.69, 9.17) is 9.47 Å². The van der Waals surface area contributed by atoms with Crippen LogP contribution in [0.25, 0.3) is 0 Å². The quantitative estimate of drug-likeness (QED) is 0.671. The largest absolute Gasteiger partial charge is 0.494 e. The maximum atomic E-state index is 14.0. The summed E-state index contributed by atoms with van der Waals surface area (Å²) >= 11 is 0. The Balaban J connectivity index is 1.83. The average molecular weight is 363 g/mol. The molecular weight excluding hydrogens is 341 g/mol. The van der Waals surface area contributed by atoms with Gasteiger partial charge in [0.25, 0.3) is 0 Å². The van der Waals surface area contributed by atoms with Crippen LogP contribution in [0.1, 0.15) is 24.2 Å². The van der Waals surface area contributed by atoms with Gasteiger partial charge >= 0.3 is 6.09 Å². The van der Waals surface area contributed by atoms with Gasteiger partial charge in [-0.2, -0.15) is 0 Å².